The van der Waals surface area contributed by atoms with E-state index in [1.165, 1.54) is 5.69 Å². The molecule has 0 aliphatic carbocycles. The van der Waals surface area contributed by atoms with Crippen molar-refractivity contribution in [2.45, 2.75) is 6.92 Å². The molecular weight excluding hydrogens is 324 g/mol. The molecule has 3 nitrogen and oxygen atoms in total. The van der Waals surface area contributed by atoms with Crippen molar-refractivity contribution >= 4 is 43.2 Å². The van der Waals surface area contributed by atoms with Gasteiger partial charge in [0, 0.05) is 27.1 Å². The third-order valence-corrected chi connectivity index (χ3v) is 4.57. The van der Waals surface area contributed by atoms with Crippen LogP contribution in [0.4, 0.5) is 0 Å². The Bertz CT molecular complexity index is 903. The fourth-order valence-electron chi connectivity index (χ4n) is 2.15. The lowest BCUT2D eigenvalue weighted by atomic mass is 10.2. The molecule has 0 N–H and O–H groups in total. The molecule has 0 fully saturated rings. The van der Waals surface area contributed by atoms with Crippen LogP contribution in [0, 0.1) is 6.92 Å². The van der Waals surface area contributed by atoms with Crippen LogP contribution in [0.25, 0.3) is 27.4 Å². The van der Waals surface area contributed by atoms with Gasteiger partial charge in [0.15, 0.2) is 10.7 Å². The number of hydrogen-bond donors (Lipinski definition) is 0. The van der Waals surface area contributed by atoms with Gasteiger partial charge in [0.2, 0.25) is 0 Å². The summed E-state index contributed by atoms with van der Waals surface area (Å²) in [6.07, 6.45) is 2.02. The van der Waals surface area contributed by atoms with Crippen LogP contribution in [0.1, 0.15) is 5.69 Å². The minimum Gasteiger partial charge on any atom is -0.454 e. The van der Waals surface area contributed by atoms with E-state index in [0.29, 0.717) is 0 Å². The van der Waals surface area contributed by atoms with E-state index in [1.807, 2.05) is 30.5 Å². The molecule has 3 heterocycles. The van der Waals surface area contributed by atoms with Gasteiger partial charge in [-0.15, -0.1) is 11.3 Å². The maximum atomic E-state index is 5.86. The van der Waals surface area contributed by atoms with Crippen molar-refractivity contribution in [3.63, 3.8) is 0 Å². The molecule has 5 heteroatoms. The number of hydrogen-bond acceptors (Lipinski definition) is 3. The Labute approximate surface area is 121 Å². The summed E-state index contributed by atoms with van der Waals surface area (Å²) in [5.74, 6) is 0.809. The smallest absolute Gasteiger partial charge is 0.194 e. The predicted octanol–water partition coefficient (Wildman–Crippen LogP) is 4.88. The Kier molecular flexibility index (Phi) is 2.34. The summed E-state index contributed by atoms with van der Waals surface area (Å²) in [6.45, 7) is 2.07. The molecule has 1 aromatic carbocycles. The van der Waals surface area contributed by atoms with Gasteiger partial charge in [-0.1, -0.05) is 15.9 Å². The summed E-state index contributed by atoms with van der Waals surface area (Å²) >= 11 is 5.11. The number of aromatic nitrogens is 2. The van der Waals surface area contributed by atoms with Crippen LogP contribution in [0.5, 0.6) is 0 Å². The summed E-state index contributed by atoms with van der Waals surface area (Å²) < 4.78 is 8.99. The van der Waals surface area contributed by atoms with Crippen molar-refractivity contribution < 1.29 is 4.42 Å². The molecule has 4 rings (SSSR count). The number of halogens is 1. The number of nitrogens with zero attached hydrogens (tertiary/aromatic N) is 2. The van der Waals surface area contributed by atoms with Gasteiger partial charge in [-0.3, -0.25) is 4.40 Å². The molecule has 0 unspecified atom stereocenters. The van der Waals surface area contributed by atoms with Gasteiger partial charge in [-0.2, -0.15) is 0 Å². The molecule has 0 amide bonds. The Balaban J connectivity index is 1.92. The van der Waals surface area contributed by atoms with Crippen LogP contribution < -0.4 is 0 Å². The van der Waals surface area contributed by atoms with E-state index in [-0.39, 0.29) is 0 Å². The topological polar surface area (TPSA) is 30.4 Å². The summed E-state index contributed by atoms with van der Waals surface area (Å²) in [4.78, 5) is 5.59. The molecule has 19 heavy (non-hydrogen) atoms. The molecule has 0 atom stereocenters. The zero-order valence-corrected chi connectivity index (χ0v) is 12.5. The zero-order valence-electron chi connectivity index (χ0n) is 10.1. The second kappa shape index (κ2) is 3.95. The minimum atomic E-state index is 0.809. The Hall–Kier alpha value is -1.59. The summed E-state index contributed by atoms with van der Waals surface area (Å²) in [5.41, 5.74) is 2.95. The van der Waals surface area contributed by atoms with Crippen LogP contribution in [0.2, 0.25) is 0 Å². The van der Waals surface area contributed by atoms with Gasteiger partial charge in [0.05, 0.1) is 0 Å². The third kappa shape index (κ3) is 1.73. The maximum Gasteiger partial charge on any atom is 0.194 e. The number of thiazole rings is 1. The van der Waals surface area contributed by atoms with Crippen molar-refractivity contribution in [2.24, 2.45) is 0 Å². The van der Waals surface area contributed by atoms with Crippen LogP contribution >= 0.6 is 27.3 Å². The minimum absolute atomic E-state index is 0.809. The van der Waals surface area contributed by atoms with Crippen molar-refractivity contribution in [1.29, 1.82) is 0 Å². The monoisotopic (exact) mass is 332 g/mol. The van der Waals surface area contributed by atoms with Gasteiger partial charge < -0.3 is 4.42 Å². The first-order valence-corrected chi connectivity index (χ1v) is 7.51. The van der Waals surface area contributed by atoms with E-state index < -0.39 is 0 Å². The van der Waals surface area contributed by atoms with Crippen LogP contribution in [0.3, 0.4) is 0 Å². The average molecular weight is 333 g/mol. The molecule has 0 aliphatic rings. The quantitative estimate of drug-likeness (QED) is 0.497. The Morgan fingerprint density at radius 1 is 1.32 bits per heavy atom. The number of benzene rings is 1. The highest BCUT2D eigenvalue weighted by molar-refractivity contribution is 9.10. The van der Waals surface area contributed by atoms with Crippen molar-refractivity contribution in [3.8, 4) is 11.5 Å². The van der Waals surface area contributed by atoms with E-state index in [9.17, 15) is 0 Å². The van der Waals surface area contributed by atoms with Gasteiger partial charge in [0.25, 0.3) is 0 Å². The lowest BCUT2D eigenvalue weighted by Crippen LogP contribution is -1.77. The average Bonchev–Trinajstić information content (AvgIpc) is 3.04. The van der Waals surface area contributed by atoms with Crippen LogP contribution in [0.15, 0.2) is 44.7 Å². The van der Waals surface area contributed by atoms with Crippen LogP contribution in [-0.2, 0) is 0 Å². The van der Waals surface area contributed by atoms with Gasteiger partial charge in [-0.05, 0) is 31.2 Å². The largest absolute Gasteiger partial charge is 0.454 e. The number of furan rings is 1. The van der Waals surface area contributed by atoms with Gasteiger partial charge in [-0.25, -0.2) is 4.98 Å². The standard InChI is InChI=1S/C14H9BrN2OS/c1-8-7-19-14-16-11(6-17(8)14)13-5-9-4-10(15)2-3-12(9)18-13/h2-7H,1H3. The first-order valence-electron chi connectivity index (χ1n) is 5.83. The van der Waals surface area contributed by atoms with E-state index in [0.717, 1.165) is 31.9 Å². The first kappa shape index (κ1) is 11.3. The number of fused-ring (bicyclic) bond motifs is 2. The van der Waals surface area contributed by atoms with Gasteiger partial charge in [0.1, 0.15) is 11.3 Å². The molecule has 0 saturated heterocycles. The normalized spacial score (nSPS) is 11.7. The van der Waals surface area contributed by atoms with Crippen molar-refractivity contribution in [1.82, 2.24) is 9.38 Å². The number of rotatable bonds is 1. The molecule has 0 aliphatic heterocycles. The first-order chi connectivity index (χ1) is 9.20. The number of imidazole rings is 1. The lowest BCUT2D eigenvalue weighted by molar-refractivity contribution is 0.629. The molecule has 0 bridgehead atoms. The molecule has 0 radical (unpaired) electrons. The highest BCUT2D eigenvalue weighted by Gasteiger charge is 2.12. The summed E-state index contributed by atoms with van der Waals surface area (Å²) in [5, 5.41) is 3.18. The maximum absolute atomic E-state index is 5.86. The zero-order chi connectivity index (χ0) is 13.0. The van der Waals surface area contributed by atoms with E-state index in [2.05, 4.69) is 37.6 Å². The molecule has 0 spiro atoms. The predicted molar refractivity (Wildman–Crippen MR) is 80.7 cm³/mol. The highest BCUT2D eigenvalue weighted by atomic mass is 79.9. The van der Waals surface area contributed by atoms with Crippen molar-refractivity contribution in [2.75, 3.05) is 0 Å². The Morgan fingerprint density at radius 2 is 2.21 bits per heavy atom. The Morgan fingerprint density at radius 3 is 3.05 bits per heavy atom. The SMILES string of the molecule is Cc1csc2nc(-c3cc4cc(Br)ccc4o3)cn12. The molecular formula is C14H9BrN2OS. The van der Waals surface area contributed by atoms with Crippen LogP contribution in [-0.4, -0.2) is 9.38 Å². The second-order valence-corrected chi connectivity index (χ2v) is 6.20. The fourth-order valence-corrected chi connectivity index (χ4v) is 3.38. The molecule has 3 aromatic heterocycles. The van der Waals surface area contributed by atoms with Crippen molar-refractivity contribution in [3.05, 3.63) is 46.0 Å². The lowest BCUT2D eigenvalue weighted by Gasteiger charge is -1.88. The summed E-state index contributed by atoms with van der Waals surface area (Å²) in [7, 11) is 0. The van der Waals surface area contributed by atoms with E-state index in [1.54, 1.807) is 11.3 Å². The molecule has 4 aromatic rings. The fraction of sp³-hybridized carbons (Fsp3) is 0.0714. The third-order valence-electron chi connectivity index (χ3n) is 3.12. The second-order valence-electron chi connectivity index (χ2n) is 4.45. The van der Waals surface area contributed by atoms with E-state index in [4.69, 9.17) is 4.42 Å². The summed E-state index contributed by atoms with van der Waals surface area (Å²) in [6, 6.07) is 8.02. The van der Waals surface area contributed by atoms with Gasteiger partial charge >= 0.3 is 0 Å². The molecule has 94 valence electrons. The number of aryl methyl sites for hydroxylation is 1. The van der Waals surface area contributed by atoms with E-state index >= 15 is 0 Å². The molecule has 0 saturated carbocycles. The highest BCUT2D eigenvalue weighted by Crippen LogP contribution is 2.30.